The minimum atomic E-state index is 0.564. The van der Waals surface area contributed by atoms with Crippen molar-refractivity contribution >= 4 is 21.6 Å². The van der Waals surface area contributed by atoms with Crippen LogP contribution < -0.4 is 5.32 Å². The van der Waals surface area contributed by atoms with Crippen LogP contribution in [0.15, 0.2) is 18.2 Å². The first-order valence-electron chi connectivity index (χ1n) is 5.74. The average molecular weight is 234 g/mol. The Labute approximate surface area is 101 Å². The summed E-state index contributed by atoms with van der Waals surface area (Å²) in [4.78, 5) is 4.47. The molecular weight excluding hydrogens is 216 g/mol. The molecule has 0 aliphatic rings. The van der Waals surface area contributed by atoms with Gasteiger partial charge in [-0.1, -0.05) is 19.9 Å². The Morgan fingerprint density at radius 1 is 1.38 bits per heavy atom. The van der Waals surface area contributed by atoms with Crippen molar-refractivity contribution in [2.45, 2.75) is 33.2 Å². The summed E-state index contributed by atoms with van der Waals surface area (Å²) < 4.78 is 1.31. The number of rotatable bonds is 4. The zero-order valence-corrected chi connectivity index (χ0v) is 10.9. The molecule has 2 rings (SSSR count). The fourth-order valence-electron chi connectivity index (χ4n) is 1.74. The van der Waals surface area contributed by atoms with Crippen molar-refractivity contribution in [3.63, 3.8) is 0 Å². The fourth-order valence-corrected chi connectivity index (χ4v) is 2.64. The number of aromatic nitrogens is 1. The van der Waals surface area contributed by atoms with E-state index < -0.39 is 0 Å². The molecule has 0 aliphatic carbocycles. The Morgan fingerprint density at radius 3 is 2.94 bits per heavy atom. The molecule has 1 N–H and O–H groups in total. The van der Waals surface area contributed by atoms with E-state index in [0.29, 0.717) is 6.04 Å². The Bertz CT molecular complexity index is 474. The molecule has 1 aromatic carbocycles. The third-order valence-corrected chi connectivity index (χ3v) is 3.46. The van der Waals surface area contributed by atoms with Gasteiger partial charge in [-0.05, 0) is 37.6 Å². The molecule has 16 heavy (non-hydrogen) atoms. The van der Waals surface area contributed by atoms with Gasteiger partial charge in [0.2, 0.25) is 0 Å². The molecule has 0 fully saturated rings. The van der Waals surface area contributed by atoms with Crippen LogP contribution in [0.1, 0.15) is 24.4 Å². The fraction of sp³-hybridized carbons (Fsp3) is 0.462. The zero-order valence-electron chi connectivity index (χ0n) is 10.1. The summed E-state index contributed by atoms with van der Waals surface area (Å²) in [7, 11) is 0. The maximum Gasteiger partial charge on any atom is 0.0907 e. The molecule has 3 heteroatoms. The number of hydrogen-bond acceptors (Lipinski definition) is 3. The van der Waals surface area contributed by atoms with Crippen molar-refractivity contribution in [1.82, 2.24) is 10.3 Å². The Morgan fingerprint density at radius 2 is 2.19 bits per heavy atom. The molecule has 1 aromatic heterocycles. The molecule has 0 radical (unpaired) electrons. The lowest BCUT2D eigenvalue weighted by Crippen LogP contribution is -2.24. The Kier molecular flexibility index (Phi) is 3.56. The van der Waals surface area contributed by atoms with Crippen LogP contribution >= 0.6 is 11.3 Å². The number of thiazole rings is 1. The molecule has 0 bridgehead atoms. The summed E-state index contributed by atoms with van der Waals surface area (Å²) in [6.07, 6.45) is 1.09. The number of fused-ring (bicyclic) bond motifs is 1. The van der Waals surface area contributed by atoms with E-state index in [1.54, 1.807) is 11.3 Å². The minimum absolute atomic E-state index is 0.564. The summed E-state index contributed by atoms with van der Waals surface area (Å²) in [5.41, 5.74) is 2.52. The summed E-state index contributed by atoms with van der Waals surface area (Å²) in [6.45, 7) is 7.46. The van der Waals surface area contributed by atoms with Gasteiger partial charge in [-0.15, -0.1) is 11.3 Å². The highest BCUT2D eigenvalue weighted by atomic mass is 32.1. The third kappa shape index (κ3) is 2.80. The predicted molar refractivity (Wildman–Crippen MR) is 71.2 cm³/mol. The molecule has 0 amide bonds. The van der Waals surface area contributed by atoms with Crippen LogP contribution in [0.2, 0.25) is 0 Å². The second kappa shape index (κ2) is 4.93. The van der Waals surface area contributed by atoms with E-state index in [2.05, 4.69) is 49.3 Å². The van der Waals surface area contributed by atoms with Gasteiger partial charge in [0.1, 0.15) is 0 Å². The average Bonchev–Trinajstić information content (AvgIpc) is 2.56. The van der Waals surface area contributed by atoms with E-state index in [-0.39, 0.29) is 0 Å². The van der Waals surface area contributed by atoms with Crippen molar-refractivity contribution in [3.8, 4) is 0 Å². The van der Waals surface area contributed by atoms with Gasteiger partial charge in [0.25, 0.3) is 0 Å². The van der Waals surface area contributed by atoms with E-state index in [0.717, 1.165) is 23.5 Å². The van der Waals surface area contributed by atoms with E-state index in [1.165, 1.54) is 10.3 Å². The van der Waals surface area contributed by atoms with Gasteiger partial charge < -0.3 is 5.32 Å². The highest BCUT2D eigenvalue weighted by Crippen LogP contribution is 2.22. The van der Waals surface area contributed by atoms with Gasteiger partial charge in [0, 0.05) is 6.04 Å². The highest BCUT2D eigenvalue weighted by Gasteiger charge is 2.01. The first kappa shape index (κ1) is 11.6. The molecular formula is C13H18N2S. The zero-order chi connectivity index (χ0) is 11.5. The quantitative estimate of drug-likeness (QED) is 0.879. The molecule has 0 spiro atoms. The van der Waals surface area contributed by atoms with E-state index in [4.69, 9.17) is 0 Å². The smallest absolute Gasteiger partial charge is 0.0907 e. The standard InChI is InChI=1S/C13H18N2S/c1-9(2)14-7-6-11-4-5-12-13(8-11)16-10(3)15-12/h4-5,8-9,14H,6-7H2,1-3H3. The van der Waals surface area contributed by atoms with Crippen molar-refractivity contribution in [3.05, 3.63) is 28.8 Å². The second-order valence-electron chi connectivity index (χ2n) is 4.39. The molecule has 0 unspecified atom stereocenters. The molecule has 86 valence electrons. The van der Waals surface area contributed by atoms with Crippen LogP contribution in [-0.4, -0.2) is 17.6 Å². The molecule has 2 aromatic rings. The van der Waals surface area contributed by atoms with Crippen molar-refractivity contribution < 1.29 is 0 Å². The SMILES string of the molecule is Cc1nc2ccc(CCNC(C)C)cc2s1. The van der Waals surface area contributed by atoms with Gasteiger partial charge in [-0.2, -0.15) is 0 Å². The van der Waals surface area contributed by atoms with Gasteiger partial charge >= 0.3 is 0 Å². The van der Waals surface area contributed by atoms with Gasteiger partial charge in [-0.25, -0.2) is 4.98 Å². The van der Waals surface area contributed by atoms with Crippen LogP contribution in [0.3, 0.4) is 0 Å². The van der Waals surface area contributed by atoms with Gasteiger partial charge in [0.05, 0.1) is 15.2 Å². The molecule has 2 nitrogen and oxygen atoms in total. The van der Waals surface area contributed by atoms with Crippen LogP contribution in [0, 0.1) is 6.92 Å². The number of aryl methyl sites for hydroxylation is 1. The van der Waals surface area contributed by atoms with Crippen LogP contribution in [-0.2, 0) is 6.42 Å². The van der Waals surface area contributed by atoms with Crippen molar-refractivity contribution in [1.29, 1.82) is 0 Å². The van der Waals surface area contributed by atoms with E-state index in [1.807, 2.05) is 0 Å². The van der Waals surface area contributed by atoms with E-state index in [9.17, 15) is 0 Å². The molecule has 0 saturated carbocycles. The maximum atomic E-state index is 4.47. The summed E-state index contributed by atoms with van der Waals surface area (Å²) in [6, 6.07) is 7.14. The molecule has 0 aliphatic heterocycles. The van der Waals surface area contributed by atoms with Gasteiger partial charge in [0.15, 0.2) is 0 Å². The lowest BCUT2D eigenvalue weighted by atomic mass is 10.1. The van der Waals surface area contributed by atoms with Crippen molar-refractivity contribution in [2.75, 3.05) is 6.54 Å². The molecule has 1 heterocycles. The number of benzene rings is 1. The highest BCUT2D eigenvalue weighted by molar-refractivity contribution is 7.18. The largest absolute Gasteiger partial charge is 0.314 e. The molecule has 0 saturated heterocycles. The second-order valence-corrected chi connectivity index (χ2v) is 5.63. The number of nitrogens with one attached hydrogen (secondary N) is 1. The first-order chi connectivity index (χ1) is 7.65. The summed E-state index contributed by atoms with van der Waals surface area (Å²) in [5.74, 6) is 0. The minimum Gasteiger partial charge on any atom is -0.314 e. The number of nitrogens with zero attached hydrogens (tertiary/aromatic N) is 1. The predicted octanol–water partition coefficient (Wildman–Crippen LogP) is 3.15. The van der Waals surface area contributed by atoms with Crippen molar-refractivity contribution in [2.24, 2.45) is 0 Å². The van der Waals surface area contributed by atoms with Crippen LogP contribution in [0.25, 0.3) is 10.2 Å². The van der Waals surface area contributed by atoms with Crippen LogP contribution in [0.4, 0.5) is 0 Å². The Balaban J connectivity index is 2.07. The third-order valence-electron chi connectivity index (χ3n) is 2.53. The maximum absolute atomic E-state index is 4.47. The van der Waals surface area contributed by atoms with E-state index >= 15 is 0 Å². The number of hydrogen-bond donors (Lipinski definition) is 1. The molecule has 0 atom stereocenters. The Hall–Kier alpha value is -0.930. The lowest BCUT2D eigenvalue weighted by molar-refractivity contribution is 0.590. The summed E-state index contributed by atoms with van der Waals surface area (Å²) >= 11 is 1.77. The normalized spacial score (nSPS) is 11.5. The van der Waals surface area contributed by atoms with Gasteiger partial charge in [-0.3, -0.25) is 0 Å². The van der Waals surface area contributed by atoms with Crippen LogP contribution in [0.5, 0.6) is 0 Å². The monoisotopic (exact) mass is 234 g/mol. The topological polar surface area (TPSA) is 24.9 Å². The summed E-state index contributed by atoms with van der Waals surface area (Å²) in [5, 5.41) is 4.58. The lowest BCUT2D eigenvalue weighted by Gasteiger charge is -2.07. The first-order valence-corrected chi connectivity index (χ1v) is 6.56.